The Morgan fingerprint density at radius 1 is 1.50 bits per heavy atom. The van der Waals surface area contributed by atoms with Gasteiger partial charge in [0.15, 0.2) is 5.21 Å². The van der Waals surface area contributed by atoms with Crippen LogP contribution in [-0.4, -0.2) is 17.7 Å². The minimum atomic E-state index is 0. The van der Waals surface area contributed by atoms with Crippen molar-refractivity contribution in [3.05, 3.63) is 0 Å². The first kappa shape index (κ1) is 10.4. The van der Waals surface area contributed by atoms with Gasteiger partial charge in [-0.1, -0.05) is 11.6 Å². The summed E-state index contributed by atoms with van der Waals surface area (Å²) in [7, 11) is 0.443. The van der Waals surface area contributed by atoms with Crippen molar-refractivity contribution in [2.45, 2.75) is 0 Å². The molecule has 0 N–H and O–H groups in total. The highest BCUT2D eigenvalue weighted by atomic mass is 127. The Hall–Kier alpha value is 1.37. The van der Waals surface area contributed by atoms with E-state index in [-0.39, 0.29) is 24.0 Å². The van der Waals surface area contributed by atoms with E-state index in [0.717, 1.165) is 5.21 Å². The molecule has 0 spiro atoms. The zero-order chi connectivity index (χ0) is 4.28. The maximum absolute atomic E-state index is 5.35. The zero-order valence-electron chi connectivity index (χ0n) is 3.87. The summed E-state index contributed by atoms with van der Waals surface area (Å²) < 4.78 is 0. The Bertz CT molecular complexity index is 24.8. The third-order valence-corrected chi connectivity index (χ3v) is 1.96. The predicted octanol–water partition coefficient (Wildman–Crippen LogP) is -1.94. The molecule has 0 amide bonds. The van der Waals surface area contributed by atoms with Gasteiger partial charge in [-0.3, -0.25) is 0 Å². The molecule has 0 aromatic carbocycles. The normalized spacial score (nSPS) is 8.00. The first-order valence-corrected chi connectivity index (χ1v) is 4.12. The highest BCUT2D eigenvalue weighted by molar-refractivity contribution is 7.96. The summed E-state index contributed by atoms with van der Waals surface area (Å²) in [6, 6.07) is 0. The molecule has 0 unspecified atom stereocenters. The zero-order valence-corrected chi connectivity index (χ0v) is 7.60. The van der Waals surface area contributed by atoms with Crippen LogP contribution in [-0.2, 0) is 10.9 Å². The van der Waals surface area contributed by atoms with Crippen LogP contribution in [0.2, 0.25) is 0 Å². The van der Waals surface area contributed by atoms with Crippen LogP contribution in [0.1, 0.15) is 0 Å². The van der Waals surface area contributed by atoms with Crippen molar-refractivity contribution >= 4 is 22.5 Å². The molecule has 0 radical (unpaired) electrons. The SMILES string of the molecule is C[S+](C)CCl.[I-]. The molecule has 0 aliphatic rings. The highest BCUT2D eigenvalue weighted by Gasteiger charge is 1.91. The van der Waals surface area contributed by atoms with E-state index in [4.69, 9.17) is 11.6 Å². The van der Waals surface area contributed by atoms with Gasteiger partial charge in [-0.15, -0.1) is 0 Å². The maximum atomic E-state index is 5.35. The molecule has 0 bridgehead atoms. The van der Waals surface area contributed by atoms with Crippen LogP contribution < -0.4 is 24.0 Å². The van der Waals surface area contributed by atoms with Gasteiger partial charge in [-0.25, -0.2) is 0 Å². The molecule has 0 saturated heterocycles. The molecule has 0 saturated carbocycles. The number of rotatable bonds is 1. The average Bonchev–Trinajstić information content (AvgIpc) is 1.38. The van der Waals surface area contributed by atoms with E-state index in [0.29, 0.717) is 10.9 Å². The fourth-order valence-corrected chi connectivity index (χ4v) is 0. The van der Waals surface area contributed by atoms with Crippen molar-refractivity contribution in [3.8, 4) is 0 Å². The molecule has 0 heterocycles. The van der Waals surface area contributed by atoms with Crippen LogP contribution in [0.5, 0.6) is 0 Å². The van der Waals surface area contributed by atoms with Crippen molar-refractivity contribution in [2.24, 2.45) is 0 Å². The van der Waals surface area contributed by atoms with Crippen molar-refractivity contribution in [2.75, 3.05) is 17.7 Å². The van der Waals surface area contributed by atoms with Crippen LogP contribution in [0.15, 0.2) is 0 Å². The lowest BCUT2D eigenvalue weighted by Crippen LogP contribution is -3.00. The third kappa shape index (κ3) is 9.03. The van der Waals surface area contributed by atoms with E-state index in [1.165, 1.54) is 0 Å². The lowest BCUT2D eigenvalue weighted by Gasteiger charge is -1.79. The minimum absolute atomic E-state index is 0. The summed E-state index contributed by atoms with van der Waals surface area (Å²) in [6.07, 6.45) is 4.24. The summed E-state index contributed by atoms with van der Waals surface area (Å²) in [5.74, 6) is 0. The van der Waals surface area contributed by atoms with Crippen LogP contribution in [0, 0.1) is 0 Å². The summed E-state index contributed by atoms with van der Waals surface area (Å²) in [6.45, 7) is 0. The van der Waals surface area contributed by atoms with Gasteiger partial charge < -0.3 is 24.0 Å². The lowest BCUT2D eigenvalue weighted by atomic mass is 11.8. The molecule has 3 heteroatoms. The van der Waals surface area contributed by atoms with Gasteiger partial charge >= 0.3 is 0 Å². The number of halogens is 2. The Kier molecular flexibility index (Phi) is 11.0. The second-order valence-electron chi connectivity index (χ2n) is 1.09. The van der Waals surface area contributed by atoms with Gasteiger partial charge in [0.05, 0.1) is 12.5 Å². The van der Waals surface area contributed by atoms with E-state index in [2.05, 4.69) is 12.5 Å². The Labute approximate surface area is 64.0 Å². The van der Waals surface area contributed by atoms with Crippen molar-refractivity contribution in [1.82, 2.24) is 0 Å². The second-order valence-corrected chi connectivity index (χ2v) is 3.94. The summed E-state index contributed by atoms with van der Waals surface area (Å²) in [5, 5.41) is 0.806. The van der Waals surface area contributed by atoms with Gasteiger partial charge in [0.25, 0.3) is 0 Å². The lowest BCUT2D eigenvalue weighted by molar-refractivity contribution is -0.00000116. The van der Waals surface area contributed by atoms with Crippen LogP contribution >= 0.6 is 11.6 Å². The quantitative estimate of drug-likeness (QED) is 0.283. The fourth-order valence-electron chi connectivity index (χ4n) is 0. The molecule has 0 aromatic rings. The van der Waals surface area contributed by atoms with Crippen LogP contribution in [0.3, 0.4) is 0 Å². The molecule has 0 fully saturated rings. The fraction of sp³-hybridized carbons (Fsp3) is 1.00. The van der Waals surface area contributed by atoms with E-state index >= 15 is 0 Å². The topological polar surface area (TPSA) is 0 Å². The molecular formula is C3H8ClIS. The molecule has 40 valence electrons. The van der Waals surface area contributed by atoms with E-state index in [1.54, 1.807) is 0 Å². The van der Waals surface area contributed by atoms with Crippen molar-refractivity contribution in [1.29, 1.82) is 0 Å². The predicted molar refractivity (Wildman–Crippen MR) is 29.9 cm³/mol. The Morgan fingerprint density at radius 3 is 1.67 bits per heavy atom. The van der Waals surface area contributed by atoms with E-state index < -0.39 is 0 Å². The summed E-state index contributed by atoms with van der Waals surface area (Å²) in [5.41, 5.74) is 0. The third-order valence-electron chi connectivity index (χ3n) is 0.218. The second kappa shape index (κ2) is 6.37. The molecule has 0 atom stereocenters. The van der Waals surface area contributed by atoms with Gasteiger partial charge in [0, 0.05) is 0 Å². The van der Waals surface area contributed by atoms with Gasteiger partial charge in [0.1, 0.15) is 0 Å². The first-order chi connectivity index (χ1) is 2.27. The van der Waals surface area contributed by atoms with Gasteiger partial charge in [0.2, 0.25) is 0 Å². The monoisotopic (exact) mass is 238 g/mol. The maximum Gasteiger partial charge on any atom is 0.180 e. The molecule has 0 aliphatic heterocycles. The number of hydrogen-bond acceptors (Lipinski definition) is 0. The summed E-state index contributed by atoms with van der Waals surface area (Å²) in [4.78, 5) is 0. The molecule has 0 aliphatic carbocycles. The minimum Gasteiger partial charge on any atom is -1.00 e. The highest BCUT2D eigenvalue weighted by Crippen LogP contribution is 1.84. The number of alkyl halides is 1. The average molecular weight is 239 g/mol. The van der Waals surface area contributed by atoms with Crippen LogP contribution in [0.25, 0.3) is 0 Å². The largest absolute Gasteiger partial charge is 1.00 e. The molecule has 0 nitrogen and oxygen atoms in total. The number of hydrogen-bond donors (Lipinski definition) is 0. The molecular weight excluding hydrogens is 230 g/mol. The van der Waals surface area contributed by atoms with E-state index in [9.17, 15) is 0 Å². The van der Waals surface area contributed by atoms with Gasteiger partial charge in [-0.05, 0) is 10.9 Å². The smallest absolute Gasteiger partial charge is 0.180 e. The van der Waals surface area contributed by atoms with Gasteiger partial charge in [-0.2, -0.15) is 0 Å². The first-order valence-electron chi connectivity index (χ1n) is 1.37. The summed E-state index contributed by atoms with van der Waals surface area (Å²) >= 11 is 5.35. The van der Waals surface area contributed by atoms with Crippen molar-refractivity contribution in [3.63, 3.8) is 0 Å². The standard InChI is InChI=1S/C3H8ClS.HI/c1-5(2)3-4;/h3H2,1-2H3;1H/q+1;/p-1. The van der Waals surface area contributed by atoms with Crippen LogP contribution in [0.4, 0.5) is 0 Å². The molecule has 0 aromatic heterocycles. The molecule has 6 heavy (non-hydrogen) atoms. The van der Waals surface area contributed by atoms with E-state index in [1.807, 2.05) is 0 Å². The Morgan fingerprint density at radius 2 is 1.67 bits per heavy atom. The Balaban J connectivity index is 0. The molecule has 0 rings (SSSR count). The van der Waals surface area contributed by atoms with Crippen molar-refractivity contribution < 1.29 is 24.0 Å².